The number of rotatable bonds is 2. The van der Waals surface area contributed by atoms with Crippen LogP contribution in [0.15, 0.2) is 24.3 Å². The fraction of sp³-hybridized carbons (Fsp3) is 0.500. The molecule has 0 spiro atoms. The summed E-state index contributed by atoms with van der Waals surface area (Å²) in [5.41, 5.74) is 2.32. The maximum absolute atomic E-state index is 4.73. The van der Waals surface area contributed by atoms with E-state index in [2.05, 4.69) is 52.7 Å². The maximum Gasteiger partial charge on any atom is 0.123 e. The third-order valence-corrected chi connectivity index (χ3v) is 3.84. The van der Waals surface area contributed by atoms with E-state index >= 15 is 0 Å². The molecule has 1 aliphatic heterocycles. The van der Waals surface area contributed by atoms with Gasteiger partial charge in [-0.2, -0.15) is 0 Å². The predicted molar refractivity (Wildman–Crippen MR) is 80.7 cm³/mol. The number of imidazole rings is 1. The van der Waals surface area contributed by atoms with Crippen LogP contribution in [0.3, 0.4) is 0 Å². The highest BCUT2D eigenvalue weighted by molar-refractivity contribution is 5.85. The van der Waals surface area contributed by atoms with E-state index in [9.17, 15) is 0 Å². The summed E-state index contributed by atoms with van der Waals surface area (Å²) in [6, 6.07) is 8.34. The van der Waals surface area contributed by atoms with Crippen molar-refractivity contribution in [3.8, 4) is 0 Å². The molecule has 0 aliphatic carbocycles. The molecule has 0 bridgehead atoms. The summed E-state index contributed by atoms with van der Waals surface area (Å²) < 4.78 is 2.22. The Morgan fingerprint density at radius 3 is 2.42 bits per heavy atom. The first kappa shape index (κ1) is 14.3. The minimum Gasteiger partial charge on any atom is -0.330 e. The topological polar surface area (TPSA) is 24.3 Å². The second-order valence-corrected chi connectivity index (χ2v) is 5.16. The van der Waals surface area contributed by atoms with Gasteiger partial charge in [0.05, 0.1) is 17.6 Å². The van der Waals surface area contributed by atoms with Gasteiger partial charge in [0.15, 0.2) is 0 Å². The molecule has 0 amide bonds. The number of piperazine rings is 1. The molecule has 2 heterocycles. The molecule has 1 aromatic carbocycles. The molecule has 4 nitrogen and oxygen atoms in total. The Kier molecular flexibility index (Phi) is 4.45. The van der Waals surface area contributed by atoms with E-state index in [1.54, 1.807) is 0 Å². The summed E-state index contributed by atoms with van der Waals surface area (Å²) in [5, 5.41) is 0. The molecule has 1 aromatic heterocycles. The number of likely N-dealkylation sites (N-methyl/N-ethyl adjacent to an activating group) is 1. The van der Waals surface area contributed by atoms with Gasteiger partial charge in [-0.05, 0) is 19.2 Å². The van der Waals surface area contributed by atoms with Crippen molar-refractivity contribution in [3.63, 3.8) is 0 Å². The number of aryl methyl sites for hydroxylation is 1. The molecule has 3 rings (SSSR count). The van der Waals surface area contributed by atoms with E-state index in [0.29, 0.717) is 0 Å². The van der Waals surface area contributed by atoms with E-state index in [4.69, 9.17) is 4.98 Å². The van der Waals surface area contributed by atoms with Gasteiger partial charge in [0.1, 0.15) is 5.82 Å². The van der Waals surface area contributed by atoms with Crippen molar-refractivity contribution in [3.05, 3.63) is 30.1 Å². The van der Waals surface area contributed by atoms with Crippen molar-refractivity contribution in [2.24, 2.45) is 7.05 Å². The molecule has 0 saturated carbocycles. The lowest BCUT2D eigenvalue weighted by Crippen LogP contribution is -2.44. The van der Waals surface area contributed by atoms with Crippen molar-refractivity contribution in [1.82, 2.24) is 19.4 Å². The number of fused-ring (bicyclic) bond motifs is 1. The van der Waals surface area contributed by atoms with Gasteiger partial charge in [-0.3, -0.25) is 4.90 Å². The van der Waals surface area contributed by atoms with Gasteiger partial charge in [-0.15, -0.1) is 12.4 Å². The molecule has 0 radical (unpaired) electrons. The lowest BCUT2D eigenvalue weighted by atomic mass is 10.3. The Morgan fingerprint density at radius 1 is 1.05 bits per heavy atom. The van der Waals surface area contributed by atoms with Crippen molar-refractivity contribution >= 4 is 23.4 Å². The summed E-state index contributed by atoms with van der Waals surface area (Å²) >= 11 is 0. The van der Waals surface area contributed by atoms with Gasteiger partial charge in [-0.1, -0.05) is 12.1 Å². The van der Waals surface area contributed by atoms with Crippen molar-refractivity contribution in [1.29, 1.82) is 0 Å². The van der Waals surface area contributed by atoms with Crippen LogP contribution in [-0.2, 0) is 13.6 Å². The largest absolute Gasteiger partial charge is 0.330 e. The van der Waals surface area contributed by atoms with E-state index in [-0.39, 0.29) is 12.4 Å². The van der Waals surface area contributed by atoms with Crippen LogP contribution in [0.5, 0.6) is 0 Å². The highest BCUT2D eigenvalue weighted by Crippen LogP contribution is 2.16. The predicted octanol–water partition coefficient (Wildman–Crippen LogP) is 1.74. The molecule has 104 valence electrons. The van der Waals surface area contributed by atoms with E-state index in [1.165, 1.54) is 11.3 Å². The van der Waals surface area contributed by atoms with Crippen LogP contribution in [0.2, 0.25) is 0 Å². The monoisotopic (exact) mass is 280 g/mol. The van der Waals surface area contributed by atoms with Gasteiger partial charge in [-0.25, -0.2) is 4.98 Å². The van der Waals surface area contributed by atoms with Crippen LogP contribution in [0, 0.1) is 0 Å². The van der Waals surface area contributed by atoms with Crippen LogP contribution < -0.4 is 0 Å². The molecular weight excluding hydrogens is 260 g/mol. The first-order valence-corrected chi connectivity index (χ1v) is 6.55. The van der Waals surface area contributed by atoms with Gasteiger partial charge in [0.25, 0.3) is 0 Å². The minimum atomic E-state index is 0. The molecule has 1 aliphatic rings. The van der Waals surface area contributed by atoms with Gasteiger partial charge < -0.3 is 9.47 Å². The smallest absolute Gasteiger partial charge is 0.123 e. The van der Waals surface area contributed by atoms with E-state index in [0.717, 1.165) is 38.2 Å². The zero-order valence-corrected chi connectivity index (χ0v) is 12.4. The van der Waals surface area contributed by atoms with Crippen LogP contribution in [0.4, 0.5) is 0 Å². The lowest BCUT2D eigenvalue weighted by Gasteiger charge is -2.31. The molecular formula is C14H21ClN4. The SMILES string of the molecule is CN1CCN(Cc2nc3ccccc3n2C)CC1.Cl. The number of hydrogen-bond donors (Lipinski definition) is 0. The summed E-state index contributed by atoms with van der Waals surface area (Å²) in [6.07, 6.45) is 0. The summed E-state index contributed by atoms with van der Waals surface area (Å²) in [5.74, 6) is 1.17. The molecule has 0 unspecified atom stereocenters. The molecule has 0 N–H and O–H groups in total. The highest BCUT2D eigenvalue weighted by Gasteiger charge is 2.16. The fourth-order valence-corrected chi connectivity index (χ4v) is 2.54. The van der Waals surface area contributed by atoms with Crippen molar-refractivity contribution in [2.75, 3.05) is 33.2 Å². The number of nitrogens with zero attached hydrogens (tertiary/aromatic N) is 4. The van der Waals surface area contributed by atoms with Crippen LogP contribution in [-0.4, -0.2) is 52.6 Å². The van der Waals surface area contributed by atoms with Crippen LogP contribution >= 0.6 is 12.4 Å². The quantitative estimate of drug-likeness (QED) is 0.838. The van der Waals surface area contributed by atoms with Gasteiger partial charge >= 0.3 is 0 Å². The molecule has 2 aromatic rings. The standard InChI is InChI=1S/C14H20N4.ClH/c1-16-7-9-18(10-8-16)11-14-15-12-5-3-4-6-13(12)17(14)2;/h3-6H,7-11H2,1-2H3;1H. The lowest BCUT2D eigenvalue weighted by molar-refractivity contribution is 0.144. The van der Waals surface area contributed by atoms with Crippen molar-refractivity contribution in [2.45, 2.75) is 6.54 Å². The summed E-state index contributed by atoms with van der Waals surface area (Å²) in [6.45, 7) is 5.55. The number of aromatic nitrogens is 2. The normalized spacial score (nSPS) is 17.6. The Hall–Kier alpha value is -1.10. The molecule has 1 fully saturated rings. The minimum absolute atomic E-state index is 0. The molecule has 0 atom stereocenters. The first-order chi connectivity index (χ1) is 8.74. The fourth-order valence-electron chi connectivity index (χ4n) is 2.54. The van der Waals surface area contributed by atoms with E-state index < -0.39 is 0 Å². The Bertz CT molecular complexity index is 543. The third kappa shape index (κ3) is 2.91. The van der Waals surface area contributed by atoms with Crippen LogP contribution in [0.1, 0.15) is 5.82 Å². The number of halogens is 1. The Morgan fingerprint density at radius 2 is 1.74 bits per heavy atom. The van der Waals surface area contributed by atoms with Crippen LogP contribution in [0.25, 0.3) is 11.0 Å². The number of benzene rings is 1. The molecule has 5 heteroatoms. The maximum atomic E-state index is 4.73. The second kappa shape index (κ2) is 5.90. The summed E-state index contributed by atoms with van der Waals surface area (Å²) in [4.78, 5) is 9.60. The Labute approximate surface area is 120 Å². The molecule has 1 saturated heterocycles. The first-order valence-electron chi connectivity index (χ1n) is 6.55. The zero-order chi connectivity index (χ0) is 12.5. The second-order valence-electron chi connectivity index (χ2n) is 5.16. The van der Waals surface area contributed by atoms with Crippen molar-refractivity contribution < 1.29 is 0 Å². The average Bonchev–Trinajstić information content (AvgIpc) is 2.70. The van der Waals surface area contributed by atoms with Gasteiger partial charge in [0.2, 0.25) is 0 Å². The van der Waals surface area contributed by atoms with E-state index in [1.807, 2.05) is 0 Å². The number of hydrogen-bond acceptors (Lipinski definition) is 3. The van der Waals surface area contributed by atoms with Gasteiger partial charge in [0, 0.05) is 33.2 Å². The third-order valence-electron chi connectivity index (χ3n) is 3.84. The summed E-state index contributed by atoms with van der Waals surface area (Å²) in [7, 11) is 4.30. The highest BCUT2D eigenvalue weighted by atomic mass is 35.5. The zero-order valence-electron chi connectivity index (χ0n) is 11.5. The average molecular weight is 281 g/mol. The number of para-hydroxylation sites is 2. The Balaban J connectivity index is 0.00000133. The molecule has 19 heavy (non-hydrogen) atoms.